The summed E-state index contributed by atoms with van der Waals surface area (Å²) in [6.45, 7) is 6.98. The third kappa shape index (κ3) is 4.53. The van der Waals surface area contributed by atoms with Crippen LogP contribution in [0.3, 0.4) is 0 Å². The first-order chi connectivity index (χ1) is 13.8. The highest BCUT2D eigenvalue weighted by Gasteiger charge is 2.24. The first-order valence-corrected chi connectivity index (χ1v) is 9.71. The van der Waals surface area contributed by atoms with Gasteiger partial charge < -0.3 is 19.7 Å². The van der Waals surface area contributed by atoms with Gasteiger partial charge in [0.05, 0.1) is 14.2 Å². The minimum atomic E-state index is -0.289. The molecule has 0 aliphatic carbocycles. The first-order valence-electron chi connectivity index (χ1n) is 9.71. The van der Waals surface area contributed by atoms with Gasteiger partial charge in [0.15, 0.2) is 11.5 Å². The van der Waals surface area contributed by atoms with Gasteiger partial charge in [0.1, 0.15) is 6.42 Å². The molecule has 6 nitrogen and oxygen atoms in total. The maximum Gasteiger partial charge on any atom is 0.233 e. The highest BCUT2D eigenvalue weighted by atomic mass is 16.5. The maximum atomic E-state index is 12.7. The molecule has 6 heteroatoms. The molecule has 0 bridgehead atoms. The number of hydrogen-bond donors (Lipinski definition) is 1. The van der Waals surface area contributed by atoms with Gasteiger partial charge in [0.2, 0.25) is 11.8 Å². The largest absolute Gasteiger partial charge is 0.493 e. The lowest BCUT2D eigenvalue weighted by molar-refractivity contribution is -0.135. The van der Waals surface area contributed by atoms with Crippen molar-refractivity contribution in [2.24, 2.45) is 0 Å². The predicted octanol–water partition coefficient (Wildman–Crippen LogP) is 3.54. The zero-order valence-corrected chi connectivity index (χ0v) is 17.7. The Bertz CT molecular complexity index is 929. The summed E-state index contributed by atoms with van der Waals surface area (Å²) < 4.78 is 10.7. The summed E-state index contributed by atoms with van der Waals surface area (Å²) in [5.41, 5.74) is 6.09. The molecule has 0 aromatic heterocycles. The molecule has 2 amide bonds. The number of rotatable bonds is 5. The van der Waals surface area contributed by atoms with E-state index in [-0.39, 0.29) is 18.2 Å². The van der Waals surface area contributed by atoms with Crippen LogP contribution in [-0.2, 0) is 22.6 Å². The number of fused-ring (bicyclic) bond motifs is 1. The molecule has 1 aliphatic rings. The van der Waals surface area contributed by atoms with Crippen LogP contribution in [0.5, 0.6) is 11.5 Å². The van der Waals surface area contributed by atoms with Crippen LogP contribution in [0.4, 0.5) is 5.69 Å². The molecule has 0 saturated carbocycles. The van der Waals surface area contributed by atoms with Gasteiger partial charge in [-0.15, -0.1) is 0 Å². The summed E-state index contributed by atoms with van der Waals surface area (Å²) in [4.78, 5) is 26.9. The Kier molecular flexibility index (Phi) is 6.11. The average molecular weight is 396 g/mol. The second-order valence-corrected chi connectivity index (χ2v) is 7.54. The highest BCUT2D eigenvalue weighted by molar-refractivity contribution is 6.04. The molecule has 29 heavy (non-hydrogen) atoms. The normalized spacial score (nSPS) is 12.9. The van der Waals surface area contributed by atoms with Crippen molar-refractivity contribution >= 4 is 17.5 Å². The summed E-state index contributed by atoms with van der Waals surface area (Å²) in [5.74, 6) is 0.867. The predicted molar refractivity (Wildman–Crippen MR) is 113 cm³/mol. The lowest BCUT2D eigenvalue weighted by Crippen LogP contribution is -2.37. The third-order valence-electron chi connectivity index (χ3n) is 5.32. The molecule has 1 heterocycles. The lowest BCUT2D eigenvalue weighted by atomic mass is 9.98. The molecule has 154 valence electrons. The Morgan fingerprint density at radius 1 is 0.966 bits per heavy atom. The lowest BCUT2D eigenvalue weighted by Gasteiger charge is -2.29. The summed E-state index contributed by atoms with van der Waals surface area (Å²) >= 11 is 0. The Labute approximate surface area is 171 Å². The van der Waals surface area contributed by atoms with E-state index in [1.165, 1.54) is 0 Å². The van der Waals surface area contributed by atoms with Crippen molar-refractivity contribution in [1.82, 2.24) is 4.90 Å². The SMILES string of the molecule is COc1cc2c(cc1OC)CN(C(=O)CC(=O)Nc1c(C)cc(C)cc1C)CC2. The van der Waals surface area contributed by atoms with Crippen LogP contribution >= 0.6 is 0 Å². The van der Waals surface area contributed by atoms with E-state index in [4.69, 9.17) is 9.47 Å². The maximum absolute atomic E-state index is 12.7. The number of nitrogens with one attached hydrogen (secondary N) is 1. The smallest absolute Gasteiger partial charge is 0.233 e. The van der Waals surface area contributed by atoms with E-state index < -0.39 is 0 Å². The molecule has 0 saturated heterocycles. The van der Waals surface area contributed by atoms with Gasteiger partial charge in [-0.2, -0.15) is 0 Å². The monoisotopic (exact) mass is 396 g/mol. The summed E-state index contributed by atoms with van der Waals surface area (Å²) in [5, 5.41) is 2.91. The molecule has 1 N–H and O–H groups in total. The number of aryl methyl sites for hydroxylation is 3. The van der Waals surface area contributed by atoms with Gasteiger partial charge >= 0.3 is 0 Å². The second kappa shape index (κ2) is 8.55. The standard InChI is InChI=1S/C23H28N2O4/c1-14-8-15(2)23(16(3)9-14)24-21(26)12-22(27)25-7-6-17-10-19(28-4)20(29-5)11-18(17)13-25/h8-11H,6-7,12-13H2,1-5H3,(H,24,26). The number of anilines is 1. The Balaban J connectivity index is 1.67. The molecule has 2 aromatic carbocycles. The average Bonchev–Trinajstić information content (AvgIpc) is 2.69. The van der Waals surface area contributed by atoms with E-state index in [0.29, 0.717) is 24.6 Å². The highest BCUT2D eigenvalue weighted by Crippen LogP contribution is 2.33. The molecular weight excluding hydrogens is 368 g/mol. The number of carbonyl (C=O) groups excluding carboxylic acids is 2. The van der Waals surface area contributed by atoms with E-state index in [0.717, 1.165) is 39.9 Å². The van der Waals surface area contributed by atoms with E-state index in [1.807, 2.05) is 45.0 Å². The van der Waals surface area contributed by atoms with E-state index in [2.05, 4.69) is 5.32 Å². The van der Waals surface area contributed by atoms with Crippen LogP contribution in [0.1, 0.15) is 34.2 Å². The molecule has 2 aromatic rings. The van der Waals surface area contributed by atoms with Gasteiger partial charge in [-0.05, 0) is 61.6 Å². The molecule has 3 rings (SSSR count). The van der Waals surface area contributed by atoms with E-state index >= 15 is 0 Å². The van der Waals surface area contributed by atoms with Crippen molar-refractivity contribution in [3.8, 4) is 11.5 Å². The fraction of sp³-hybridized carbons (Fsp3) is 0.391. The number of hydrogen-bond acceptors (Lipinski definition) is 4. The summed E-state index contributed by atoms with van der Waals surface area (Å²) in [6, 6.07) is 7.92. The second-order valence-electron chi connectivity index (χ2n) is 7.54. The van der Waals surface area contributed by atoms with Crippen LogP contribution in [-0.4, -0.2) is 37.5 Å². The zero-order valence-electron chi connectivity index (χ0n) is 17.7. The number of methoxy groups -OCH3 is 2. The van der Waals surface area contributed by atoms with Crippen molar-refractivity contribution < 1.29 is 19.1 Å². The van der Waals surface area contributed by atoms with Crippen LogP contribution in [0, 0.1) is 20.8 Å². The van der Waals surface area contributed by atoms with Crippen molar-refractivity contribution in [2.45, 2.75) is 40.2 Å². The number of ether oxygens (including phenoxy) is 2. The number of amides is 2. The topological polar surface area (TPSA) is 67.9 Å². The van der Waals surface area contributed by atoms with Crippen LogP contribution in [0.2, 0.25) is 0 Å². The molecule has 0 radical (unpaired) electrons. The summed E-state index contributed by atoms with van der Waals surface area (Å²) in [7, 11) is 3.20. The minimum absolute atomic E-state index is 0.171. The quantitative estimate of drug-likeness (QED) is 0.785. The summed E-state index contributed by atoms with van der Waals surface area (Å²) in [6.07, 6.45) is 0.550. The van der Waals surface area contributed by atoms with Gasteiger partial charge in [0, 0.05) is 18.8 Å². The van der Waals surface area contributed by atoms with Crippen molar-refractivity contribution in [3.63, 3.8) is 0 Å². The minimum Gasteiger partial charge on any atom is -0.493 e. The van der Waals surface area contributed by atoms with Crippen molar-refractivity contribution in [2.75, 3.05) is 26.1 Å². The fourth-order valence-electron chi connectivity index (χ4n) is 3.91. The number of benzene rings is 2. The molecule has 0 unspecified atom stereocenters. The molecule has 0 fully saturated rings. The molecule has 1 aliphatic heterocycles. The fourth-order valence-corrected chi connectivity index (χ4v) is 3.91. The number of nitrogens with zero attached hydrogens (tertiary/aromatic N) is 1. The molecule has 0 atom stereocenters. The Morgan fingerprint density at radius 3 is 2.14 bits per heavy atom. The zero-order chi connectivity index (χ0) is 21.1. The van der Waals surface area contributed by atoms with Crippen molar-refractivity contribution in [3.05, 3.63) is 52.1 Å². The van der Waals surface area contributed by atoms with Gasteiger partial charge in [-0.1, -0.05) is 17.7 Å². The van der Waals surface area contributed by atoms with Gasteiger partial charge in [-0.3, -0.25) is 9.59 Å². The Morgan fingerprint density at radius 2 is 1.55 bits per heavy atom. The van der Waals surface area contributed by atoms with Gasteiger partial charge in [-0.25, -0.2) is 0 Å². The van der Waals surface area contributed by atoms with Crippen LogP contribution in [0.15, 0.2) is 24.3 Å². The molecule has 0 spiro atoms. The van der Waals surface area contributed by atoms with Gasteiger partial charge in [0.25, 0.3) is 0 Å². The van der Waals surface area contributed by atoms with E-state index in [1.54, 1.807) is 19.1 Å². The molecular formula is C23H28N2O4. The third-order valence-corrected chi connectivity index (χ3v) is 5.32. The van der Waals surface area contributed by atoms with Crippen LogP contribution in [0.25, 0.3) is 0 Å². The van der Waals surface area contributed by atoms with Crippen LogP contribution < -0.4 is 14.8 Å². The Hall–Kier alpha value is -3.02. The first kappa shape index (κ1) is 20.7. The van der Waals surface area contributed by atoms with Crippen molar-refractivity contribution in [1.29, 1.82) is 0 Å². The van der Waals surface area contributed by atoms with E-state index in [9.17, 15) is 9.59 Å². The number of carbonyl (C=O) groups is 2.